The van der Waals surface area contributed by atoms with E-state index in [9.17, 15) is 0 Å². The molecule has 0 aromatic heterocycles. The smallest absolute Gasteiger partial charge is 0.0800 e. The van der Waals surface area contributed by atoms with E-state index in [1.165, 1.54) is 0 Å². The first kappa shape index (κ1) is 18.1. The molecule has 0 unspecified atom stereocenters. The summed E-state index contributed by atoms with van der Waals surface area (Å²) in [5.41, 5.74) is 0. The maximum Gasteiger partial charge on any atom is 0.0800 e. The Morgan fingerprint density at radius 2 is 0.571 bits per heavy atom. The summed E-state index contributed by atoms with van der Waals surface area (Å²) in [6.07, 6.45) is 0. The lowest BCUT2D eigenvalue weighted by atomic mass is 10.0. The van der Waals surface area contributed by atoms with Crippen molar-refractivity contribution in [1.29, 1.82) is 0 Å². The minimum atomic E-state index is 0.272. The summed E-state index contributed by atoms with van der Waals surface area (Å²) in [6, 6.07) is 24.7. The maximum atomic E-state index is 6.76. The van der Waals surface area contributed by atoms with Crippen LogP contribution in [0.2, 0.25) is 20.1 Å². The van der Waals surface area contributed by atoms with Gasteiger partial charge in [0.15, 0.2) is 0 Å². The Morgan fingerprint density at radius 1 is 0.321 bits per heavy atom. The second-order valence-corrected chi connectivity index (χ2v) is 8.15. The summed E-state index contributed by atoms with van der Waals surface area (Å²) in [4.78, 5) is 0. The molecule has 0 heterocycles. The summed E-state index contributed by atoms with van der Waals surface area (Å²) in [7, 11) is 0. The third-order valence-electron chi connectivity index (χ3n) is 5.17. The van der Waals surface area contributed by atoms with E-state index in [0.717, 1.165) is 41.7 Å². The number of fused-ring (bicyclic) bond motifs is 4. The molecule has 28 heavy (non-hydrogen) atoms. The van der Waals surface area contributed by atoms with E-state index in [0.29, 0.717) is 10.0 Å². The van der Waals surface area contributed by atoms with E-state index in [1.54, 1.807) is 0 Å². The molecule has 1 aliphatic carbocycles. The zero-order chi connectivity index (χ0) is 19.4. The molecule has 4 heteroatoms. The van der Waals surface area contributed by atoms with Crippen LogP contribution in [-0.4, -0.2) is 0 Å². The molecule has 4 aromatic rings. The first-order valence-electron chi connectivity index (χ1n) is 8.74. The summed E-state index contributed by atoms with van der Waals surface area (Å²) in [6.45, 7) is 0. The first-order chi connectivity index (χ1) is 13.6. The van der Waals surface area contributed by atoms with Crippen LogP contribution in [0.4, 0.5) is 0 Å². The fourth-order valence-electron chi connectivity index (χ4n) is 3.96. The highest BCUT2D eigenvalue weighted by atomic mass is 35.5. The van der Waals surface area contributed by atoms with Crippen molar-refractivity contribution in [3.63, 3.8) is 0 Å². The molecule has 0 atom stereocenters. The molecule has 0 nitrogen and oxygen atoms in total. The molecular formula is C24H12Cl4. The van der Waals surface area contributed by atoms with Gasteiger partial charge < -0.3 is 0 Å². The Hall–Kier alpha value is -1.96. The van der Waals surface area contributed by atoms with Crippen molar-refractivity contribution in [2.75, 3.05) is 0 Å². The molecule has 0 bridgehead atoms. The normalized spacial score (nSPS) is 16.7. The van der Waals surface area contributed by atoms with Crippen LogP contribution in [-0.2, 0) is 0 Å². The monoisotopic (exact) mass is 440 g/mol. The molecule has 0 aliphatic heterocycles. The van der Waals surface area contributed by atoms with E-state index in [4.69, 9.17) is 46.4 Å². The standard InChI is InChI=1S/C24H12Cl4/c25-21-19-17-11-5-3-9-15(17)13-7-1-2-8-14(13)16-10-4-6-12-18(16)20(19)22(26)24(28)23(21)27/h1-12H/b15-13-,16-14-,19-17+,20-18+. The van der Waals surface area contributed by atoms with Gasteiger partial charge in [0.25, 0.3) is 0 Å². The molecule has 1 aliphatic rings. The molecule has 0 radical (unpaired) electrons. The van der Waals surface area contributed by atoms with Crippen molar-refractivity contribution in [3.8, 4) is 0 Å². The van der Waals surface area contributed by atoms with Crippen molar-refractivity contribution in [2.45, 2.75) is 0 Å². The first-order valence-corrected chi connectivity index (χ1v) is 10.2. The topological polar surface area (TPSA) is 0 Å². The van der Waals surface area contributed by atoms with Gasteiger partial charge in [-0.05, 0) is 31.3 Å². The predicted octanol–water partition coefficient (Wildman–Crippen LogP) is 7.76. The Morgan fingerprint density at radius 3 is 0.893 bits per heavy atom. The Bertz CT molecular complexity index is 1530. The molecule has 0 fully saturated rings. The number of benzene rings is 4. The SMILES string of the molecule is Clc1c(Cl)c(Cl)c2/c(c1Cl)=c1/cccc/c1=c1\cccc\c1=c1/cccc/c1=2. The van der Waals surface area contributed by atoms with Gasteiger partial charge in [-0.2, -0.15) is 0 Å². The zero-order valence-electron chi connectivity index (χ0n) is 14.4. The van der Waals surface area contributed by atoms with Crippen molar-refractivity contribution in [3.05, 3.63) is 135 Å². The summed E-state index contributed by atoms with van der Waals surface area (Å²) < 4.78 is 0. The van der Waals surface area contributed by atoms with Crippen LogP contribution >= 0.6 is 46.4 Å². The van der Waals surface area contributed by atoms with Crippen molar-refractivity contribution >= 4 is 46.4 Å². The lowest BCUT2D eigenvalue weighted by Crippen LogP contribution is -1.92. The van der Waals surface area contributed by atoms with Crippen molar-refractivity contribution in [2.24, 2.45) is 0 Å². The van der Waals surface area contributed by atoms with Crippen LogP contribution < -0.4 is 0 Å². The van der Waals surface area contributed by atoms with Gasteiger partial charge in [0.2, 0.25) is 0 Å². The van der Waals surface area contributed by atoms with Gasteiger partial charge in [-0.15, -0.1) is 0 Å². The summed E-state index contributed by atoms with van der Waals surface area (Å²) in [5, 5.41) is 9.34. The average molecular weight is 442 g/mol. The van der Waals surface area contributed by atoms with Crippen LogP contribution in [0.25, 0.3) is 0 Å². The van der Waals surface area contributed by atoms with Crippen LogP contribution in [0.1, 0.15) is 0 Å². The van der Waals surface area contributed by atoms with Gasteiger partial charge in [0.1, 0.15) is 0 Å². The fraction of sp³-hybridized carbons (Fsp3) is 0. The molecule has 5 rings (SSSR count). The lowest BCUT2D eigenvalue weighted by Gasteiger charge is -2.08. The molecule has 0 saturated heterocycles. The van der Waals surface area contributed by atoms with Gasteiger partial charge >= 0.3 is 0 Å². The number of halogens is 4. The maximum absolute atomic E-state index is 6.76. The van der Waals surface area contributed by atoms with Crippen molar-refractivity contribution < 1.29 is 0 Å². The predicted molar refractivity (Wildman–Crippen MR) is 116 cm³/mol. The highest BCUT2D eigenvalue weighted by Crippen LogP contribution is 2.38. The molecule has 0 spiro atoms. The molecule has 4 aromatic carbocycles. The zero-order valence-corrected chi connectivity index (χ0v) is 17.5. The highest BCUT2D eigenvalue weighted by Gasteiger charge is 2.14. The largest absolute Gasteiger partial charge is 0.0819 e. The van der Waals surface area contributed by atoms with E-state index >= 15 is 0 Å². The minimum Gasteiger partial charge on any atom is -0.0819 e. The Labute approximate surface area is 180 Å². The molecule has 0 saturated carbocycles. The summed E-state index contributed by atoms with van der Waals surface area (Å²) in [5.74, 6) is 0. The number of hydrogen-bond acceptors (Lipinski definition) is 0. The van der Waals surface area contributed by atoms with Crippen LogP contribution in [0.15, 0.2) is 72.8 Å². The quantitative estimate of drug-likeness (QED) is 0.170. The highest BCUT2D eigenvalue weighted by molar-refractivity contribution is 6.51. The van der Waals surface area contributed by atoms with E-state index in [2.05, 4.69) is 24.3 Å². The number of rotatable bonds is 0. The van der Waals surface area contributed by atoms with Gasteiger partial charge in [0, 0.05) is 10.4 Å². The molecule has 0 N–H and O–H groups in total. The second-order valence-electron chi connectivity index (χ2n) is 6.64. The van der Waals surface area contributed by atoms with Crippen LogP contribution in [0.5, 0.6) is 0 Å². The van der Waals surface area contributed by atoms with E-state index in [1.807, 2.05) is 48.5 Å². The third-order valence-corrected chi connectivity index (χ3v) is 6.97. The third kappa shape index (κ3) is 2.53. The minimum absolute atomic E-state index is 0.272. The summed E-state index contributed by atoms with van der Waals surface area (Å²) >= 11 is 26.4. The van der Waals surface area contributed by atoms with Gasteiger partial charge in [-0.1, -0.05) is 119 Å². The number of hydrogen-bond donors (Lipinski definition) is 0. The molecule has 136 valence electrons. The molecule has 0 amide bonds. The van der Waals surface area contributed by atoms with Gasteiger partial charge in [0.05, 0.1) is 20.1 Å². The van der Waals surface area contributed by atoms with Gasteiger partial charge in [-0.3, -0.25) is 0 Å². The van der Waals surface area contributed by atoms with Crippen LogP contribution in [0.3, 0.4) is 0 Å². The van der Waals surface area contributed by atoms with E-state index in [-0.39, 0.29) is 10.0 Å². The van der Waals surface area contributed by atoms with E-state index < -0.39 is 0 Å². The Kier molecular flexibility index (Phi) is 4.41. The second kappa shape index (κ2) is 6.83. The van der Waals surface area contributed by atoms with Gasteiger partial charge in [-0.25, -0.2) is 0 Å². The Balaban J connectivity index is 2.51. The van der Waals surface area contributed by atoms with Crippen LogP contribution in [0, 0.1) is 41.7 Å². The average Bonchev–Trinajstić information content (AvgIpc) is 2.74. The molecular weight excluding hydrogens is 430 g/mol. The fourth-order valence-corrected chi connectivity index (χ4v) is 5.02. The van der Waals surface area contributed by atoms with Crippen molar-refractivity contribution in [1.82, 2.24) is 0 Å². The lowest BCUT2D eigenvalue weighted by molar-refractivity contribution is 1.29.